The van der Waals surface area contributed by atoms with Gasteiger partial charge in [-0.05, 0) is 43.0 Å². The molecule has 1 fully saturated rings. The van der Waals surface area contributed by atoms with Crippen molar-refractivity contribution < 1.29 is 14.6 Å². The van der Waals surface area contributed by atoms with Crippen LogP contribution < -0.4 is 4.74 Å². The van der Waals surface area contributed by atoms with E-state index < -0.39 is 0 Å². The number of rotatable bonds is 10. The lowest BCUT2D eigenvalue weighted by molar-refractivity contribution is 0.145. The number of hydrogen-bond donors (Lipinski definition) is 2. The van der Waals surface area contributed by atoms with Crippen LogP contribution >= 0.6 is 0 Å². The van der Waals surface area contributed by atoms with Gasteiger partial charge in [-0.2, -0.15) is 0 Å². The zero-order valence-corrected chi connectivity index (χ0v) is 22.1. The quantitative estimate of drug-likeness (QED) is 0.373. The summed E-state index contributed by atoms with van der Waals surface area (Å²) >= 11 is 0. The maximum Gasteiger partial charge on any atom is 0.131 e. The number of nitrogens with zero attached hydrogens (tertiary/aromatic N) is 3. The van der Waals surface area contributed by atoms with E-state index in [1.165, 1.54) is 5.57 Å². The predicted octanol–water partition coefficient (Wildman–Crippen LogP) is 4.66. The van der Waals surface area contributed by atoms with E-state index in [4.69, 9.17) is 14.9 Å². The van der Waals surface area contributed by atoms with Gasteiger partial charge in [-0.15, -0.1) is 0 Å². The number of methoxy groups -OCH3 is 2. The average molecular weight is 483 g/mol. The average Bonchev–Trinajstić information content (AvgIpc) is 2.85. The minimum atomic E-state index is 0.0883. The van der Waals surface area contributed by atoms with E-state index in [0.717, 1.165) is 63.4 Å². The Labute approximate surface area is 210 Å². The third-order valence-corrected chi connectivity index (χ3v) is 6.94. The number of amidine groups is 1. The topological polar surface area (TPSA) is 72.3 Å². The highest BCUT2D eigenvalue weighted by atomic mass is 16.5. The van der Waals surface area contributed by atoms with Crippen LogP contribution in [0, 0.1) is 5.41 Å². The SMILES string of the molecule is C=C(c1cc(C(C)C)c(OC)cc1O)N(C(=N)COC)C1=CC=C(CN2CCN(CC)CC2)CC1. The monoisotopic (exact) mass is 482 g/mol. The fraction of sp³-hybridized carbons (Fsp3) is 0.536. The molecular weight excluding hydrogens is 440 g/mol. The molecule has 0 radical (unpaired) electrons. The van der Waals surface area contributed by atoms with Crippen molar-refractivity contribution in [3.8, 4) is 11.5 Å². The molecule has 0 saturated carbocycles. The van der Waals surface area contributed by atoms with Gasteiger partial charge in [-0.1, -0.05) is 39.0 Å². The maximum absolute atomic E-state index is 10.8. The van der Waals surface area contributed by atoms with E-state index in [0.29, 0.717) is 17.0 Å². The molecule has 7 nitrogen and oxygen atoms in total. The van der Waals surface area contributed by atoms with Crippen LogP contribution in [0.25, 0.3) is 5.70 Å². The lowest BCUT2D eigenvalue weighted by Gasteiger charge is -2.35. The molecule has 0 atom stereocenters. The summed E-state index contributed by atoms with van der Waals surface area (Å²) in [5.74, 6) is 1.24. The number of ether oxygens (including phenoxy) is 2. The van der Waals surface area contributed by atoms with Gasteiger partial charge >= 0.3 is 0 Å². The van der Waals surface area contributed by atoms with Gasteiger partial charge in [0.25, 0.3) is 0 Å². The molecule has 1 heterocycles. The molecule has 3 rings (SSSR count). The number of piperazine rings is 1. The molecule has 7 heteroatoms. The molecule has 1 aromatic rings. The number of phenols is 1. The van der Waals surface area contributed by atoms with Gasteiger partial charge < -0.3 is 24.4 Å². The summed E-state index contributed by atoms with van der Waals surface area (Å²) in [7, 11) is 3.19. The Kier molecular flexibility index (Phi) is 9.55. The molecule has 35 heavy (non-hydrogen) atoms. The molecule has 2 N–H and O–H groups in total. The Morgan fingerprint density at radius 3 is 2.34 bits per heavy atom. The van der Waals surface area contributed by atoms with Crippen molar-refractivity contribution in [3.63, 3.8) is 0 Å². The number of nitrogens with one attached hydrogen (secondary N) is 1. The van der Waals surface area contributed by atoms with E-state index in [-0.39, 0.29) is 24.1 Å². The first-order chi connectivity index (χ1) is 16.8. The second-order valence-electron chi connectivity index (χ2n) is 9.62. The first-order valence-corrected chi connectivity index (χ1v) is 12.6. The van der Waals surface area contributed by atoms with Crippen molar-refractivity contribution >= 4 is 11.5 Å². The maximum atomic E-state index is 10.8. The van der Waals surface area contributed by atoms with E-state index in [9.17, 15) is 5.11 Å². The lowest BCUT2D eigenvalue weighted by atomic mass is 9.96. The minimum Gasteiger partial charge on any atom is -0.507 e. The van der Waals surface area contributed by atoms with Crippen molar-refractivity contribution in [3.05, 3.63) is 53.3 Å². The van der Waals surface area contributed by atoms with Gasteiger partial charge in [-0.25, -0.2) is 0 Å². The molecule has 0 bridgehead atoms. The summed E-state index contributed by atoms with van der Waals surface area (Å²) in [6.45, 7) is 17.5. The van der Waals surface area contributed by atoms with Gasteiger partial charge in [0.1, 0.15) is 23.9 Å². The standard InChI is InChI=1S/C28H42N4O3/c1-7-30-12-14-31(15-13-30)18-22-8-10-23(11-9-22)32(28(29)19-34-5)21(4)25-16-24(20(2)3)27(35-6)17-26(25)33/h8,10,16-17,20,29,33H,4,7,9,11-15,18-19H2,1-3,5-6H3. The van der Waals surface area contributed by atoms with E-state index >= 15 is 0 Å². The largest absolute Gasteiger partial charge is 0.507 e. The molecule has 1 saturated heterocycles. The van der Waals surface area contributed by atoms with Gasteiger partial charge in [-0.3, -0.25) is 10.3 Å². The highest BCUT2D eigenvalue weighted by Crippen LogP contribution is 2.38. The molecule has 0 amide bonds. The highest BCUT2D eigenvalue weighted by molar-refractivity contribution is 5.92. The smallest absolute Gasteiger partial charge is 0.131 e. The van der Waals surface area contributed by atoms with Crippen molar-refractivity contribution in [2.45, 2.75) is 39.5 Å². The lowest BCUT2D eigenvalue weighted by Crippen LogP contribution is -2.46. The Hall–Kier alpha value is -2.61. The van der Waals surface area contributed by atoms with Crippen LogP contribution in [0.2, 0.25) is 0 Å². The number of hydrogen-bond acceptors (Lipinski definition) is 6. The molecule has 0 aromatic heterocycles. The van der Waals surface area contributed by atoms with Crippen LogP contribution in [0.15, 0.2) is 42.1 Å². The van der Waals surface area contributed by atoms with Crippen molar-refractivity contribution in [2.75, 3.05) is 60.1 Å². The van der Waals surface area contributed by atoms with Crippen LogP contribution in [0.1, 0.15) is 50.7 Å². The zero-order valence-electron chi connectivity index (χ0n) is 22.1. The zero-order chi connectivity index (χ0) is 25.5. The number of likely N-dealkylation sites (N-methyl/N-ethyl adjacent to an activating group) is 1. The molecule has 1 aliphatic heterocycles. The Balaban J connectivity index is 1.84. The van der Waals surface area contributed by atoms with E-state index in [1.54, 1.807) is 20.3 Å². The molecule has 0 unspecified atom stereocenters. The minimum absolute atomic E-state index is 0.0883. The summed E-state index contributed by atoms with van der Waals surface area (Å²) < 4.78 is 10.8. The fourth-order valence-corrected chi connectivity index (χ4v) is 4.81. The van der Waals surface area contributed by atoms with Crippen molar-refractivity contribution in [1.82, 2.24) is 14.7 Å². The summed E-state index contributed by atoms with van der Waals surface area (Å²) in [4.78, 5) is 6.85. The fourth-order valence-electron chi connectivity index (χ4n) is 4.81. The predicted molar refractivity (Wildman–Crippen MR) is 143 cm³/mol. The summed E-state index contributed by atoms with van der Waals surface area (Å²) in [5.41, 5.74) is 4.55. The van der Waals surface area contributed by atoms with Crippen LogP contribution in [-0.2, 0) is 4.74 Å². The summed E-state index contributed by atoms with van der Waals surface area (Å²) in [6.07, 6.45) is 6.04. The van der Waals surface area contributed by atoms with Crippen molar-refractivity contribution in [2.24, 2.45) is 0 Å². The Morgan fingerprint density at radius 2 is 1.80 bits per heavy atom. The first kappa shape index (κ1) is 27.0. The first-order valence-electron chi connectivity index (χ1n) is 12.6. The van der Waals surface area contributed by atoms with Gasteiger partial charge in [0.15, 0.2) is 0 Å². The van der Waals surface area contributed by atoms with Gasteiger partial charge in [0.05, 0.1) is 12.8 Å². The summed E-state index contributed by atoms with van der Waals surface area (Å²) in [5, 5.41) is 19.5. The van der Waals surface area contributed by atoms with Crippen LogP contribution in [-0.4, -0.2) is 85.7 Å². The van der Waals surface area contributed by atoms with E-state index in [1.807, 2.05) is 11.0 Å². The third kappa shape index (κ3) is 6.54. The number of benzene rings is 1. The second kappa shape index (κ2) is 12.4. The number of phenolic OH excluding ortho intramolecular Hbond substituents is 1. The van der Waals surface area contributed by atoms with E-state index in [2.05, 4.69) is 49.3 Å². The van der Waals surface area contributed by atoms with Gasteiger partial charge in [0.2, 0.25) is 0 Å². The van der Waals surface area contributed by atoms with Crippen molar-refractivity contribution in [1.29, 1.82) is 5.41 Å². The molecule has 2 aliphatic rings. The Bertz CT molecular complexity index is 975. The number of aromatic hydroxyl groups is 1. The molecular formula is C28H42N4O3. The normalized spacial score (nSPS) is 17.2. The van der Waals surface area contributed by atoms with Crippen LogP contribution in [0.4, 0.5) is 0 Å². The molecule has 0 spiro atoms. The highest BCUT2D eigenvalue weighted by Gasteiger charge is 2.25. The third-order valence-electron chi connectivity index (χ3n) is 6.94. The molecule has 1 aliphatic carbocycles. The molecule has 192 valence electrons. The van der Waals surface area contributed by atoms with Crippen LogP contribution in [0.5, 0.6) is 11.5 Å². The Morgan fingerprint density at radius 1 is 1.11 bits per heavy atom. The number of allylic oxidation sites excluding steroid dienone is 3. The van der Waals surface area contributed by atoms with Crippen LogP contribution in [0.3, 0.4) is 0 Å². The van der Waals surface area contributed by atoms with Gasteiger partial charge in [0, 0.05) is 57.2 Å². The second-order valence-corrected chi connectivity index (χ2v) is 9.62. The summed E-state index contributed by atoms with van der Waals surface area (Å²) in [6, 6.07) is 3.56. The molecule has 1 aromatic carbocycles.